The van der Waals surface area contributed by atoms with Crippen molar-refractivity contribution in [2.24, 2.45) is 17.3 Å². The van der Waals surface area contributed by atoms with Crippen LogP contribution in [0.4, 0.5) is 4.39 Å². The molecule has 5 unspecified atom stereocenters. The summed E-state index contributed by atoms with van der Waals surface area (Å²) in [6.07, 6.45) is 11.0. The Kier molecular flexibility index (Phi) is 7.60. The molecule has 2 aliphatic carbocycles. The molecule has 5 atom stereocenters. The highest BCUT2D eigenvalue weighted by Crippen LogP contribution is 2.56. The van der Waals surface area contributed by atoms with E-state index in [4.69, 9.17) is 9.26 Å². The van der Waals surface area contributed by atoms with E-state index in [1.165, 1.54) is 57.1 Å². The van der Waals surface area contributed by atoms with Gasteiger partial charge < -0.3 is 19.9 Å². The van der Waals surface area contributed by atoms with Gasteiger partial charge in [0.2, 0.25) is 5.91 Å². The van der Waals surface area contributed by atoms with E-state index in [-0.39, 0.29) is 22.7 Å². The molecule has 3 aliphatic rings. The third-order valence-electron chi connectivity index (χ3n) is 10.5. The fourth-order valence-electron chi connectivity index (χ4n) is 8.08. The molecule has 3 aromatic rings. The summed E-state index contributed by atoms with van der Waals surface area (Å²) in [6, 6.07) is 12.5. The quantitative estimate of drug-likeness (QED) is 0.298. The number of aromatic nitrogens is 1. The van der Waals surface area contributed by atoms with Crippen LogP contribution >= 0.6 is 0 Å². The van der Waals surface area contributed by atoms with Gasteiger partial charge in [0.15, 0.2) is 5.58 Å². The highest BCUT2D eigenvalue weighted by molar-refractivity contribution is 5.80. The first-order valence-corrected chi connectivity index (χ1v) is 15.1. The first kappa shape index (κ1) is 27.3. The Balaban J connectivity index is 1.05. The summed E-state index contributed by atoms with van der Waals surface area (Å²) < 4.78 is 24.3. The number of carbonyl (C=O) groups is 1. The molecule has 2 aromatic carbocycles. The maximum absolute atomic E-state index is 13.6. The van der Waals surface area contributed by atoms with Gasteiger partial charge in [-0.15, -0.1) is 0 Å². The summed E-state index contributed by atoms with van der Waals surface area (Å²) in [4.78, 5) is 12.8. The fourth-order valence-corrected chi connectivity index (χ4v) is 8.08. The number of methoxy groups -OCH3 is 1. The van der Waals surface area contributed by atoms with Crippen molar-refractivity contribution >= 4 is 16.9 Å². The normalized spacial score (nSPS) is 28.9. The number of fused-ring (bicyclic) bond motifs is 2. The Hall–Kier alpha value is -2.93. The molecule has 6 nitrogen and oxygen atoms in total. The summed E-state index contributed by atoms with van der Waals surface area (Å²) in [7, 11) is 1.65. The van der Waals surface area contributed by atoms with E-state index in [2.05, 4.69) is 22.7 Å². The van der Waals surface area contributed by atoms with E-state index in [1.54, 1.807) is 7.11 Å². The molecule has 6 rings (SSSR count). The number of nitrogens with zero attached hydrogens (tertiary/aromatic N) is 1. The molecule has 3 fully saturated rings. The highest BCUT2D eigenvalue weighted by atomic mass is 19.1. The molecule has 2 saturated carbocycles. The Labute approximate surface area is 236 Å². The van der Waals surface area contributed by atoms with Crippen LogP contribution in [0, 0.1) is 23.1 Å². The second kappa shape index (κ2) is 11.2. The van der Waals surface area contributed by atoms with Crippen molar-refractivity contribution in [3.63, 3.8) is 0 Å². The number of nitrogens with one attached hydrogen (secondary N) is 2. The molecule has 1 saturated heterocycles. The molecule has 2 N–H and O–H groups in total. The number of hydrogen-bond donors (Lipinski definition) is 2. The summed E-state index contributed by atoms with van der Waals surface area (Å²) in [6.45, 7) is 4.20. The molecule has 7 heteroatoms. The maximum Gasteiger partial charge on any atom is 0.224 e. The number of rotatable bonds is 9. The lowest BCUT2D eigenvalue weighted by Crippen LogP contribution is -2.73. The van der Waals surface area contributed by atoms with Crippen LogP contribution in [0.1, 0.15) is 81.9 Å². The topological polar surface area (TPSA) is 76.4 Å². The third kappa shape index (κ3) is 5.13. The van der Waals surface area contributed by atoms with E-state index in [0.29, 0.717) is 29.8 Å². The second-order valence-electron chi connectivity index (χ2n) is 12.7. The van der Waals surface area contributed by atoms with E-state index >= 15 is 0 Å². The van der Waals surface area contributed by atoms with Gasteiger partial charge >= 0.3 is 0 Å². The minimum Gasteiger partial charge on any atom is -0.497 e. The van der Waals surface area contributed by atoms with Crippen LogP contribution in [0.25, 0.3) is 11.0 Å². The Morgan fingerprint density at radius 1 is 1.15 bits per heavy atom. The SMILES string of the molecule is COc1ccc(CC(=O)NCC23CCCC2(CC(C)C2CCCC(c4noc5cc(F)ccc45)CC2)NC3)cc1. The largest absolute Gasteiger partial charge is 0.497 e. The molecule has 1 amide bonds. The summed E-state index contributed by atoms with van der Waals surface area (Å²) in [5.74, 6) is 2.28. The molecule has 2 heterocycles. The zero-order valence-electron chi connectivity index (χ0n) is 23.8. The zero-order chi connectivity index (χ0) is 27.7. The van der Waals surface area contributed by atoms with Gasteiger partial charge in [0.1, 0.15) is 11.6 Å². The molecule has 214 valence electrons. The lowest BCUT2D eigenvalue weighted by molar-refractivity contribution is -0.122. The standard InChI is InChI=1S/C33H42FN3O3/c1-22(24-5-3-6-25(10-9-24)31-28-14-11-26(34)18-29(28)40-37-31)19-33-16-4-15-32(33,21-36-33)20-35-30(38)17-23-7-12-27(39-2)13-8-23/h7-8,11-14,18,22,24-25,36H,3-6,9-10,15-17,19-21H2,1-2H3,(H,35,38). The molecular weight excluding hydrogens is 505 g/mol. The molecule has 0 radical (unpaired) electrons. The molecule has 1 aromatic heterocycles. The van der Waals surface area contributed by atoms with Gasteiger partial charge in [-0.2, -0.15) is 0 Å². The predicted octanol–water partition coefficient (Wildman–Crippen LogP) is 6.54. The number of hydrogen-bond acceptors (Lipinski definition) is 5. The Morgan fingerprint density at radius 2 is 2.00 bits per heavy atom. The molecule has 40 heavy (non-hydrogen) atoms. The first-order chi connectivity index (χ1) is 19.4. The predicted molar refractivity (Wildman–Crippen MR) is 154 cm³/mol. The molecule has 1 aliphatic heterocycles. The number of benzene rings is 2. The van der Waals surface area contributed by atoms with E-state index < -0.39 is 0 Å². The number of carbonyl (C=O) groups excluding carboxylic acids is 1. The third-order valence-corrected chi connectivity index (χ3v) is 10.5. The summed E-state index contributed by atoms with van der Waals surface area (Å²) in [5.41, 5.74) is 2.86. The molecule has 0 bridgehead atoms. The van der Waals surface area contributed by atoms with Crippen molar-refractivity contribution in [2.45, 2.75) is 82.6 Å². The van der Waals surface area contributed by atoms with Crippen LogP contribution in [-0.4, -0.2) is 36.8 Å². The van der Waals surface area contributed by atoms with Gasteiger partial charge in [-0.25, -0.2) is 4.39 Å². The summed E-state index contributed by atoms with van der Waals surface area (Å²) in [5, 5.41) is 12.5. The molecular formula is C33H42FN3O3. The minimum atomic E-state index is -0.284. The zero-order valence-corrected chi connectivity index (χ0v) is 23.8. The smallest absolute Gasteiger partial charge is 0.224 e. The van der Waals surface area contributed by atoms with Crippen molar-refractivity contribution < 1.29 is 18.4 Å². The number of amides is 1. The van der Waals surface area contributed by atoms with Crippen LogP contribution in [0.5, 0.6) is 5.75 Å². The van der Waals surface area contributed by atoms with E-state index in [1.807, 2.05) is 30.3 Å². The number of ether oxygens (including phenoxy) is 1. The van der Waals surface area contributed by atoms with Gasteiger partial charge in [0.05, 0.1) is 19.2 Å². The highest BCUT2D eigenvalue weighted by Gasteiger charge is 2.61. The molecule has 0 spiro atoms. The Bertz CT molecular complexity index is 1340. The van der Waals surface area contributed by atoms with Gasteiger partial charge in [-0.1, -0.05) is 43.5 Å². The van der Waals surface area contributed by atoms with Crippen LogP contribution < -0.4 is 15.4 Å². The fraction of sp³-hybridized carbons (Fsp3) is 0.576. The van der Waals surface area contributed by atoms with Crippen LogP contribution in [0.2, 0.25) is 0 Å². The monoisotopic (exact) mass is 547 g/mol. The second-order valence-corrected chi connectivity index (χ2v) is 12.7. The van der Waals surface area contributed by atoms with Crippen molar-refractivity contribution in [1.29, 1.82) is 0 Å². The Morgan fingerprint density at radius 3 is 2.77 bits per heavy atom. The minimum absolute atomic E-state index is 0.0956. The van der Waals surface area contributed by atoms with Gasteiger partial charge in [-0.05, 0) is 80.2 Å². The van der Waals surface area contributed by atoms with Crippen molar-refractivity contribution in [1.82, 2.24) is 15.8 Å². The lowest BCUT2D eigenvalue weighted by Gasteiger charge is -2.58. The van der Waals surface area contributed by atoms with Gasteiger partial charge in [-0.3, -0.25) is 4.79 Å². The first-order valence-electron chi connectivity index (χ1n) is 15.1. The van der Waals surface area contributed by atoms with Crippen LogP contribution in [0.3, 0.4) is 0 Å². The van der Waals surface area contributed by atoms with E-state index in [0.717, 1.165) is 48.3 Å². The average Bonchev–Trinajstić information content (AvgIpc) is 3.34. The van der Waals surface area contributed by atoms with Crippen molar-refractivity contribution in [2.75, 3.05) is 20.2 Å². The average molecular weight is 548 g/mol. The van der Waals surface area contributed by atoms with Crippen LogP contribution in [-0.2, 0) is 11.2 Å². The van der Waals surface area contributed by atoms with E-state index in [9.17, 15) is 9.18 Å². The lowest BCUT2D eigenvalue weighted by atomic mass is 9.60. The van der Waals surface area contributed by atoms with Crippen molar-refractivity contribution in [3.05, 3.63) is 59.5 Å². The van der Waals surface area contributed by atoms with Crippen LogP contribution in [0.15, 0.2) is 47.0 Å². The van der Waals surface area contributed by atoms with Gasteiger partial charge in [0, 0.05) is 41.4 Å². The maximum atomic E-state index is 13.6. The van der Waals surface area contributed by atoms with Crippen molar-refractivity contribution in [3.8, 4) is 5.75 Å². The number of halogens is 1. The summed E-state index contributed by atoms with van der Waals surface area (Å²) >= 11 is 0. The van der Waals surface area contributed by atoms with Gasteiger partial charge in [0.25, 0.3) is 0 Å².